The summed E-state index contributed by atoms with van der Waals surface area (Å²) in [7, 11) is 0. The molecule has 6 nitrogen and oxygen atoms in total. The first-order chi connectivity index (χ1) is 20.0. The van der Waals surface area contributed by atoms with Gasteiger partial charge < -0.3 is 9.64 Å². The van der Waals surface area contributed by atoms with Crippen molar-refractivity contribution in [3.8, 4) is 0 Å². The van der Waals surface area contributed by atoms with Gasteiger partial charge in [-0.05, 0) is 41.0 Å². The van der Waals surface area contributed by atoms with Crippen molar-refractivity contribution in [1.82, 2.24) is 20.2 Å². The van der Waals surface area contributed by atoms with Crippen LogP contribution in [0.15, 0.2) is 60.7 Å². The number of carbonyl (C=O) groups is 1. The van der Waals surface area contributed by atoms with Crippen molar-refractivity contribution in [1.29, 1.82) is 0 Å². The third kappa shape index (κ3) is 8.98. The molecule has 0 aliphatic carbocycles. The monoisotopic (exact) mass is 666 g/mol. The molecule has 5 rings (SSSR count). The number of fused-ring (bicyclic) bond motifs is 1. The maximum Gasteiger partial charge on any atom is 0.416 e. The molecule has 2 heterocycles. The molecule has 1 atom stereocenters. The Morgan fingerprint density at radius 3 is 2.09 bits per heavy atom. The molecule has 1 amide bonds. The standard InChI is InChI=1S/C30H32F6N4O2.2ClH/c31-29(32,33)25-17-24(18-26(19-25)30(34,35)36)28(41)40-10-9-38(8-7-37-39-11-13-42-14-12-39)20-27(40)16-21-5-6-22-3-1-2-4-23(22)15-21;;/h1-6,15,17-19,27,37H,7-14,16,20H2;2*1H/t27-;;/m1../s1. The number of nitrogens with one attached hydrogen (secondary N) is 1. The van der Waals surface area contributed by atoms with Gasteiger partial charge in [0.1, 0.15) is 0 Å². The molecule has 14 heteroatoms. The largest absolute Gasteiger partial charge is 0.416 e. The SMILES string of the molecule is Cl.Cl.O=C(c1cc(C(F)(F)F)cc(C(F)(F)F)c1)N1CCN(CCNN2CCOCC2)C[C@H]1Cc1ccc2ccccc2c1. The molecule has 2 saturated heterocycles. The Balaban J connectivity index is 0.00000264. The van der Waals surface area contributed by atoms with Crippen LogP contribution in [0.1, 0.15) is 27.0 Å². The number of benzene rings is 3. The van der Waals surface area contributed by atoms with Gasteiger partial charge in [-0.15, -0.1) is 24.8 Å². The van der Waals surface area contributed by atoms with E-state index in [2.05, 4.69) is 15.3 Å². The number of hydrogen-bond acceptors (Lipinski definition) is 5. The fourth-order valence-corrected chi connectivity index (χ4v) is 5.53. The van der Waals surface area contributed by atoms with E-state index >= 15 is 0 Å². The van der Waals surface area contributed by atoms with E-state index in [1.807, 2.05) is 42.5 Å². The number of carbonyl (C=O) groups excluding carboxylic acids is 1. The normalized spacial score (nSPS) is 18.5. The highest BCUT2D eigenvalue weighted by Gasteiger charge is 2.39. The number of nitrogens with zero attached hydrogens (tertiary/aromatic N) is 3. The number of ether oxygens (including phenoxy) is 1. The van der Waals surface area contributed by atoms with Crippen LogP contribution in [0.25, 0.3) is 10.8 Å². The van der Waals surface area contributed by atoms with Crippen LogP contribution in [0.4, 0.5) is 26.3 Å². The van der Waals surface area contributed by atoms with Gasteiger partial charge in [0.05, 0.1) is 24.3 Å². The molecule has 3 aromatic rings. The molecule has 0 spiro atoms. The van der Waals surface area contributed by atoms with E-state index in [4.69, 9.17) is 4.74 Å². The summed E-state index contributed by atoms with van der Waals surface area (Å²) < 4.78 is 86.5. The van der Waals surface area contributed by atoms with Crippen LogP contribution in [0.5, 0.6) is 0 Å². The predicted octanol–water partition coefficient (Wildman–Crippen LogP) is 5.93. The summed E-state index contributed by atoms with van der Waals surface area (Å²) in [5.74, 6) is -0.844. The molecule has 1 N–H and O–H groups in total. The minimum atomic E-state index is -5.03. The van der Waals surface area contributed by atoms with Crippen LogP contribution in [0, 0.1) is 0 Å². The summed E-state index contributed by atoms with van der Waals surface area (Å²) in [4.78, 5) is 17.2. The second-order valence-electron chi connectivity index (χ2n) is 10.6. The summed E-state index contributed by atoms with van der Waals surface area (Å²) in [5.41, 5.74) is 0.670. The molecule has 2 aliphatic rings. The minimum Gasteiger partial charge on any atom is -0.379 e. The van der Waals surface area contributed by atoms with Gasteiger partial charge in [0.15, 0.2) is 0 Å². The lowest BCUT2D eigenvalue weighted by Gasteiger charge is -2.42. The van der Waals surface area contributed by atoms with E-state index in [0.717, 1.165) is 29.4 Å². The number of hydrazine groups is 1. The molecule has 0 saturated carbocycles. The Morgan fingerprint density at radius 2 is 1.45 bits per heavy atom. The summed E-state index contributed by atoms with van der Waals surface area (Å²) in [6, 6.07) is 14.3. The molecule has 242 valence electrons. The van der Waals surface area contributed by atoms with Crippen LogP contribution in [-0.2, 0) is 23.5 Å². The second kappa shape index (κ2) is 15.1. The Kier molecular flexibility index (Phi) is 12.3. The third-order valence-electron chi connectivity index (χ3n) is 7.72. The molecular formula is C30H34Cl2F6N4O2. The van der Waals surface area contributed by atoms with Crippen molar-refractivity contribution in [2.45, 2.75) is 24.8 Å². The molecule has 0 aromatic heterocycles. The first-order valence-electron chi connectivity index (χ1n) is 13.8. The molecule has 44 heavy (non-hydrogen) atoms. The van der Waals surface area contributed by atoms with Gasteiger partial charge in [-0.2, -0.15) is 26.3 Å². The van der Waals surface area contributed by atoms with E-state index in [1.54, 1.807) is 0 Å². The van der Waals surface area contributed by atoms with Crippen molar-refractivity contribution < 1.29 is 35.9 Å². The van der Waals surface area contributed by atoms with Crippen LogP contribution in [0.2, 0.25) is 0 Å². The van der Waals surface area contributed by atoms with Crippen LogP contribution in [-0.4, -0.2) is 85.8 Å². The molecule has 0 unspecified atom stereocenters. The predicted molar refractivity (Wildman–Crippen MR) is 160 cm³/mol. The lowest BCUT2D eigenvalue weighted by Crippen LogP contribution is -2.57. The number of amides is 1. The van der Waals surface area contributed by atoms with Crippen molar-refractivity contribution in [3.05, 3.63) is 82.9 Å². The molecule has 0 radical (unpaired) electrons. The van der Waals surface area contributed by atoms with Gasteiger partial charge in [-0.25, -0.2) is 5.01 Å². The van der Waals surface area contributed by atoms with Crippen molar-refractivity contribution in [3.63, 3.8) is 0 Å². The zero-order chi connectivity index (χ0) is 29.9. The maximum atomic E-state index is 13.6. The molecule has 3 aromatic carbocycles. The van der Waals surface area contributed by atoms with E-state index in [9.17, 15) is 31.1 Å². The van der Waals surface area contributed by atoms with Crippen molar-refractivity contribution >= 4 is 41.5 Å². The number of hydrogen-bond donors (Lipinski definition) is 1. The number of halogens is 8. The smallest absolute Gasteiger partial charge is 0.379 e. The van der Waals surface area contributed by atoms with Gasteiger partial charge >= 0.3 is 12.4 Å². The zero-order valence-electron chi connectivity index (χ0n) is 23.7. The maximum absolute atomic E-state index is 13.6. The van der Waals surface area contributed by atoms with Crippen LogP contribution >= 0.6 is 24.8 Å². The average molecular weight is 668 g/mol. The number of morpholine rings is 1. The fourth-order valence-electron chi connectivity index (χ4n) is 5.53. The Morgan fingerprint density at radius 1 is 0.818 bits per heavy atom. The highest BCUT2D eigenvalue weighted by Crippen LogP contribution is 2.37. The highest BCUT2D eigenvalue weighted by molar-refractivity contribution is 5.95. The van der Waals surface area contributed by atoms with Gasteiger partial charge in [-0.3, -0.25) is 15.1 Å². The molecule has 0 bridgehead atoms. The van der Waals surface area contributed by atoms with Crippen molar-refractivity contribution in [2.24, 2.45) is 0 Å². The first-order valence-corrected chi connectivity index (χ1v) is 13.8. The lowest BCUT2D eigenvalue weighted by atomic mass is 9.97. The van der Waals surface area contributed by atoms with Gasteiger partial charge in [0.2, 0.25) is 0 Å². The Hall–Kier alpha value is -2.61. The number of rotatable bonds is 7. The minimum absolute atomic E-state index is 0. The van der Waals surface area contributed by atoms with E-state index in [-0.39, 0.29) is 37.4 Å². The Bertz CT molecular complexity index is 1370. The lowest BCUT2D eigenvalue weighted by molar-refractivity contribution is -0.143. The molecule has 2 aliphatic heterocycles. The quantitative estimate of drug-likeness (QED) is 0.317. The summed E-state index contributed by atoms with van der Waals surface area (Å²) in [6.45, 7) is 5.18. The highest BCUT2D eigenvalue weighted by atomic mass is 35.5. The van der Waals surface area contributed by atoms with Crippen LogP contribution in [0.3, 0.4) is 0 Å². The second-order valence-corrected chi connectivity index (χ2v) is 10.6. The van der Waals surface area contributed by atoms with E-state index in [1.165, 1.54) is 4.90 Å². The van der Waals surface area contributed by atoms with Crippen LogP contribution < -0.4 is 5.43 Å². The number of piperazine rings is 1. The van der Waals surface area contributed by atoms with Gasteiger partial charge in [0, 0.05) is 57.4 Å². The third-order valence-corrected chi connectivity index (χ3v) is 7.72. The van der Waals surface area contributed by atoms with E-state index < -0.39 is 41.0 Å². The summed E-state index contributed by atoms with van der Waals surface area (Å²) in [6.07, 6.45) is -9.67. The Labute approximate surface area is 264 Å². The van der Waals surface area contributed by atoms with Gasteiger partial charge in [-0.1, -0.05) is 42.5 Å². The fraction of sp³-hybridized carbons (Fsp3) is 0.433. The zero-order valence-corrected chi connectivity index (χ0v) is 25.3. The summed E-state index contributed by atoms with van der Waals surface area (Å²) in [5, 5.41) is 4.13. The van der Waals surface area contributed by atoms with Crippen molar-refractivity contribution in [2.75, 3.05) is 59.0 Å². The molecular weight excluding hydrogens is 633 g/mol. The van der Waals surface area contributed by atoms with Gasteiger partial charge in [0.25, 0.3) is 5.91 Å². The van der Waals surface area contributed by atoms with E-state index in [0.29, 0.717) is 57.9 Å². The first kappa shape index (κ1) is 35.9. The average Bonchev–Trinajstić information content (AvgIpc) is 2.96. The summed E-state index contributed by atoms with van der Waals surface area (Å²) >= 11 is 0. The number of alkyl halides is 6. The molecule has 2 fully saturated rings. The topological polar surface area (TPSA) is 48.1 Å².